The van der Waals surface area contributed by atoms with Crippen LogP contribution < -0.4 is 0 Å². The molecule has 1 aromatic carbocycles. The van der Waals surface area contributed by atoms with Crippen molar-refractivity contribution in [3.05, 3.63) is 29.3 Å². The lowest BCUT2D eigenvalue weighted by Gasteiger charge is -2.03. The molecule has 0 aliphatic carbocycles. The molecule has 12 heavy (non-hydrogen) atoms. The lowest BCUT2D eigenvalue weighted by Crippen LogP contribution is -1.80. The third kappa shape index (κ3) is 1.59. The quantitative estimate of drug-likeness (QED) is 0.626. The number of hydrogen-bond acceptors (Lipinski definition) is 2. The van der Waals surface area contributed by atoms with Crippen LogP contribution in [0.15, 0.2) is 18.2 Å². The van der Waals surface area contributed by atoms with E-state index in [4.69, 9.17) is 10.2 Å². The summed E-state index contributed by atoms with van der Waals surface area (Å²) in [4.78, 5) is 0. The van der Waals surface area contributed by atoms with E-state index in [-0.39, 0.29) is 11.5 Å². The van der Waals surface area contributed by atoms with Crippen molar-refractivity contribution in [3.63, 3.8) is 0 Å². The van der Waals surface area contributed by atoms with Crippen molar-refractivity contribution in [2.45, 2.75) is 13.8 Å². The molecule has 0 unspecified atom stereocenters. The van der Waals surface area contributed by atoms with Crippen molar-refractivity contribution in [1.82, 2.24) is 0 Å². The van der Waals surface area contributed by atoms with E-state index in [1.165, 1.54) is 0 Å². The zero-order valence-corrected chi connectivity index (χ0v) is 7.20. The first-order valence-electron chi connectivity index (χ1n) is 3.80. The van der Waals surface area contributed by atoms with Gasteiger partial charge in [-0.05, 0) is 37.1 Å². The Morgan fingerprint density at radius 2 is 1.75 bits per heavy atom. The van der Waals surface area contributed by atoms with E-state index >= 15 is 0 Å². The molecule has 2 N–H and O–H groups in total. The van der Waals surface area contributed by atoms with Crippen molar-refractivity contribution in [2.75, 3.05) is 0 Å². The summed E-state index contributed by atoms with van der Waals surface area (Å²) in [5.74, 6) is -0.144. The monoisotopic (exact) mass is 164 g/mol. The van der Waals surface area contributed by atoms with Crippen LogP contribution in [0.25, 0.3) is 6.08 Å². The molecule has 0 amide bonds. The maximum atomic E-state index is 9.17. The van der Waals surface area contributed by atoms with Crippen molar-refractivity contribution >= 4 is 6.08 Å². The highest BCUT2D eigenvalue weighted by Gasteiger charge is 2.01. The highest BCUT2D eigenvalue weighted by Crippen LogP contribution is 2.28. The molecule has 0 heterocycles. The van der Waals surface area contributed by atoms with Gasteiger partial charge in [0.1, 0.15) is 0 Å². The number of aryl methyl sites for hydroxylation is 1. The Kier molecular flexibility index (Phi) is 2.38. The Labute approximate surface area is 71.8 Å². The minimum absolute atomic E-state index is 0.0687. The summed E-state index contributed by atoms with van der Waals surface area (Å²) < 4.78 is 0. The fourth-order valence-electron chi connectivity index (χ4n) is 1.06. The van der Waals surface area contributed by atoms with Gasteiger partial charge in [-0.25, -0.2) is 0 Å². The van der Waals surface area contributed by atoms with E-state index in [1.54, 1.807) is 12.1 Å². The molecule has 1 aromatic rings. The van der Waals surface area contributed by atoms with Crippen LogP contribution >= 0.6 is 0 Å². The SMILES string of the molecule is C/C=C\c1cc(O)c(O)cc1C. The van der Waals surface area contributed by atoms with Gasteiger partial charge < -0.3 is 10.2 Å². The van der Waals surface area contributed by atoms with Gasteiger partial charge in [0.25, 0.3) is 0 Å². The van der Waals surface area contributed by atoms with Crippen LogP contribution in [0.3, 0.4) is 0 Å². The third-order valence-corrected chi connectivity index (χ3v) is 1.71. The molecule has 0 bridgehead atoms. The molecule has 0 aliphatic heterocycles. The minimum atomic E-state index is -0.0753. The molecule has 1 rings (SSSR count). The lowest BCUT2D eigenvalue weighted by molar-refractivity contribution is 0.403. The van der Waals surface area contributed by atoms with Crippen molar-refractivity contribution < 1.29 is 10.2 Å². The van der Waals surface area contributed by atoms with Gasteiger partial charge in [-0.1, -0.05) is 12.2 Å². The van der Waals surface area contributed by atoms with Gasteiger partial charge in [0, 0.05) is 0 Å². The maximum Gasteiger partial charge on any atom is 0.158 e. The second-order valence-corrected chi connectivity index (χ2v) is 2.70. The number of hydrogen-bond donors (Lipinski definition) is 2. The van der Waals surface area contributed by atoms with E-state index in [0.717, 1.165) is 11.1 Å². The zero-order valence-electron chi connectivity index (χ0n) is 7.20. The van der Waals surface area contributed by atoms with Crippen LogP contribution in [-0.4, -0.2) is 10.2 Å². The number of allylic oxidation sites excluding steroid dienone is 1. The highest BCUT2D eigenvalue weighted by molar-refractivity contribution is 5.58. The Bertz CT molecular complexity index is 314. The molecule has 2 heteroatoms. The Morgan fingerprint density at radius 1 is 1.17 bits per heavy atom. The number of rotatable bonds is 1. The molecule has 0 aromatic heterocycles. The average Bonchev–Trinajstić information content (AvgIpc) is 2.01. The van der Waals surface area contributed by atoms with Crippen LogP contribution in [0.2, 0.25) is 0 Å². The minimum Gasteiger partial charge on any atom is -0.504 e. The first-order valence-corrected chi connectivity index (χ1v) is 3.80. The van der Waals surface area contributed by atoms with Gasteiger partial charge in [-0.2, -0.15) is 0 Å². The van der Waals surface area contributed by atoms with Gasteiger partial charge >= 0.3 is 0 Å². The number of phenolic OH excluding ortho intramolecular Hbond substituents is 2. The van der Waals surface area contributed by atoms with Crippen molar-refractivity contribution in [3.8, 4) is 11.5 Å². The maximum absolute atomic E-state index is 9.17. The molecule has 0 aliphatic rings. The summed E-state index contributed by atoms with van der Waals surface area (Å²) in [6.07, 6.45) is 3.77. The fourth-order valence-corrected chi connectivity index (χ4v) is 1.06. The molecule has 0 saturated carbocycles. The van der Waals surface area contributed by atoms with E-state index in [2.05, 4.69) is 0 Å². The lowest BCUT2D eigenvalue weighted by atomic mass is 10.1. The van der Waals surface area contributed by atoms with Gasteiger partial charge in [0.05, 0.1) is 0 Å². The Hall–Kier alpha value is -1.44. The summed E-state index contributed by atoms with van der Waals surface area (Å²) in [6, 6.07) is 3.09. The molecular formula is C10H12O2. The van der Waals surface area contributed by atoms with Gasteiger partial charge in [-0.3, -0.25) is 0 Å². The summed E-state index contributed by atoms with van der Waals surface area (Å²) in [7, 11) is 0. The largest absolute Gasteiger partial charge is 0.504 e. The molecule has 64 valence electrons. The van der Waals surface area contributed by atoms with Gasteiger partial charge in [-0.15, -0.1) is 0 Å². The first kappa shape index (κ1) is 8.65. The first-order chi connectivity index (χ1) is 5.65. The van der Waals surface area contributed by atoms with Crippen LogP contribution in [0.4, 0.5) is 0 Å². The number of benzene rings is 1. The molecule has 0 fully saturated rings. The predicted octanol–water partition coefficient (Wildman–Crippen LogP) is 2.44. The topological polar surface area (TPSA) is 40.5 Å². The van der Waals surface area contributed by atoms with Gasteiger partial charge in [0.2, 0.25) is 0 Å². The zero-order chi connectivity index (χ0) is 9.14. The van der Waals surface area contributed by atoms with Crippen molar-refractivity contribution in [1.29, 1.82) is 0 Å². The van der Waals surface area contributed by atoms with Crippen LogP contribution in [0.5, 0.6) is 11.5 Å². The average molecular weight is 164 g/mol. The molecule has 0 radical (unpaired) electrons. The van der Waals surface area contributed by atoms with Crippen LogP contribution in [0.1, 0.15) is 18.1 Å². The second-order valence-electron chi connectivity index (χ2n) is 2.70. The summed E-state index contributed by atoms with van der Waals surface area (Å²) in [5, 5.41) is 18.3. The summed E-state index contributed by atoms with van der Waals surface area (Å²) >= 11 is 0. The number of phenols is 2. The molecule has 0 saturated heterocycles. The molecule has 0 atom stereocenters. The number of aromatic hydroxyl groups is 2. The third-order valence-electron chi connectivity index (χ3n) is 1.71. The van der Waals surface area contributed by atoms with E-state index in [9.17, 15) is 0 Å². The standard InChI is InChI=1S/C10H12O2/c1-3-4-8-6-10(12)9(11)5-7(8)2/h3-6,11-12H,1-2H3/b4-3-. The van der Waals surface area contributed by atoms with E-state index in [1.807, 2.05) is 26.0 Å². The molecule has 2 nitrogen and oxygen atoms in total. The second kappa shape index (κ2) is 3.30. The van der Waals surface area contributed by atoms with Crippen LogP contribution in [0, 0.1) is 6.92 Å². The summed E-state index contributed by atoms with van der Waals surface area (Å²) in [5.41, 5.74) is 1.87. The molecule has 0 spiro atoms. The Balaban J connectivity index is 3.23. The normalized spacial score (nSPS) is 10.8. The summed E-state index contributed by atoms with van der Waals surface area (Å²) in [6.45, 7) is 3.79. The predicted molar refractivity (Wildman–Crippen MR) is 49.2 cm³/mol. The highest BCUT2D eigenvalue weighted by atomic mass is 16.3. The van der Waals surface area contributed by atoms with E-state index in [0.29, 0.717) is 0 Å². The smallest absolute Gasteiger partial charge is 0.158 e. The van der Waals surface area contributed by atoms with Gasteiger partial charge in [0.15, 0.2) is 11.5 Å². The van der Waals surface area contributed by atoms with Crippen molar-refractivity contribution in [2.24, 2.45) is 0 Å². The van der Waals surface area contributed by atoms with E-state index < -0.39 is 0 Å². The Morgan fingerprint density at radius 3 is 2.33 bits per heavy atom. The fraction of sp³-hybridized carbons (Fsp3) is 0.200. The molecular weight excluding hydrogens is 152 g/mol. The van der Waals surface area contributed by atoms with Crippen LogP contribution in [-0.2, 0) is 0 Å².